The third kappa shape index (κ3) is 4.58. The molecule has 0 fully saturated rings. The van der Waals surface area contributed by atoms with Crippen LogP contribution in [0.2, 0.25) is 0 Å². The Hall–Kier alpha value is -2.10. The van der Waals surface area contributed by atoms with Gasteiger partial charge in [-0.15, -0.1) is 5.76 Å². The number of ether oxygens (including phenoxy) is 1. The molecule has 4 nitrogen and oxygen atoms in total. The highest BCUT2D eigenvalue weighted by atomic mass is 16.5. The molecule has 0 unspecified atom stereocenters. The lowest BCUT2D eigenvalue weighted by atomic mass is 10.0. The number of carbonyl (C=O) groups excluding carboxylic acids is 2. The molecule has 0 aliphatic rings. The second-order valence-corrected chi connectivity index (χ2v) is 4.19. The SMILES string of the molecule is COC(=O)C(C(C)=O)=C([O-])CCCc1ccccc1. The third-order valence-electron chi connectivity index (χ3n) is 2.73. The summed E-state index contributed by atoms with van der Waals surface area (Å²) in [7, 11) is 1.16. The molecule has 1 aromatic rings. The van der Waals surface area contributed by atoms with Gasteiger partial charge in [0.25, 0.3) is 0 Å². The molecule has 0 aliphatic heterocycles. The molecule has 4 heteroatoms. The monoisotopic (exact) mass is 261 g/mol. The Labute approximate surface area is 112 Å². The number of hydrogen-bond donors (Lipinski definition) is 0. The maximum absolute atomic E-state index is 11.8. The van der Waals surface area contributed by atoms with E-state index in [1.165, 1.54) is 6.92 Å². The van der Waals surface area contributed by atoms with Gasteiger partial charge < -0.3 is 9.84 Å². The zero-order valence-corrected chi connectivity index (χ0v) is 11.1. The first-order valence-electron chi connectivity index (χ1n) is 6.09. The van der Waals surface area contributed by atoms with E-state index >= 15 is 0 Å². The third-order valence-corrected chi connectivity index (χ3v) is 2.73. The number of allylic oxidation sites excluding steroid dienone is 1. The van der Waals surface area contributed by atoms with Gasteiger partial charge >= 0.3 is 5.97 Å². The van der Waals surface area contributed by atoms with Crippen LogP contribution in [0.5, 0.6) is 0 Å². The number of hydrogen-bond acceptors (Lipinski definition) is 4. The van der Waals surface area contributed by atoms with Crippen molar-refractivity contribution in [3.05, 3.63) is 47.2 Å². The topological polar surface area (TPSA) is 66.4 Å². The Kier molecular flexibility index (Phi) is 5.79. The molecule has 0 saturated heterocycles. The van der Waals surface area contributed by atoms with Crippen molar-refractivity contribution in [1.82, 2.24) is 0 Å². The molecule has 0 saturated carbocycles. The van der Waals surface area contributed by atoms with Crippen molar-refractivity contribution in [2.24, 2.45) is 0 Å². The van der Waals surface area contributed by atoms with E-state index in [4.69, 9.17) is 0 Å². The highest BCUT2D eigenvalue weighted by molar-refractivity contribution is 6.16. The molecule has 0 amide bonds. The van der Waals surface area contributed by atoms with Gasteiger partial charge in [0.1, 0.15) is 0 Å². The van der Waals surface area contributed by atoms with E-state index in [2.05, 4.69) is 4.74 Å². The number of benzene rings is 1. The molecule has 0 spiro atoms. The average Bonchev–Trinajstić information content (AvgIpc) is 2.39. The fourth-order valence-electron chi connectivity index (χ4n) is 1.78. The minimum absolute atomic E-state index is 0.166. The molecule has 0 N–H and O–H groups in total. The van der Waals surface area contributed by atoms with E-state index in [1.54, 1.807) is 0 Å². The first-order chi connectivity index (χ1) is 9.06. The van der Waals surface area contributed by atoms with Crippen LogP contribution in [0.3, 0.4) is 0 Å². The van der Waals surface area contributed by atoms with Crippen LogP contribution in [-0.2, 0) is 20.7 Å². The van der Waals surface area contributed by atoms with Crippen LogP contribution in [0, 0.1) is 0 Å². The molecule has 0 bridgehead atoms. The van der Waals surface area contributed by atoms with E-state index in [1.807, 2.05) is 30.3 Å². The molecule has 0 atom stereocenters. The molecule has 19 heavy (non-hydrogen) atoms. The number of rotatable bonds is 6. The summed E-state index contributed by atoms with van der Waals surface area (Å²) in [4.78, 5) is 22.6. The second-order valence-electron chi connectivity index (χ2n) is 4.19. The maximum Gasteiger partial charge on any atom is 0.340 e. The van der Waals surface area contributed by atoms with Crippen LogP contribution < -0.4 is 5.11 Å². The predicted octanol–water partition coefficient (Wildman–Crippen LogP) is 1.39. The van der Waals surface area contributed by atoms with Crippen LogP contribution in [0.25, 0.3) is 0 Å². The Balaban J connectivity index is 2.64. The summed E-state index contributed by atoms with van der Waals surface area (Å²) in [5.74, 6) is -1.84. The number of ketones is 1. The smallest absolute Gasteiger partial charge is 0.340 e. The van der Waals surface area contributed by atoms with Gasteiger partial charge in [0.15, 0.2) is 5.78 Å². The van der Waals surface area contributed by atoms with E-state index in [-0.39, 0.29) is 12.0 Å². The van der Waals surface area contributed by atoms with Crippen molar-refractivity contribution in [3.8, 4) is 0 Å². The highest BCUT2D eigenvalue weighted by Crippen LogP contribution is 2.11. The van der Waals surface area contributed by atoms with E-state index in [9.17, 15) is 14.7 Å². The second kappa shape index (κ2) is 7.36. The molecule has 1 rings (SSSR count). The summed E-state index contributed by atoms with van der Waals surface area (Å²) in [5, 5.41) is 11.8. The summed E-state index contributed by atoms with van der Waals surface area (Å²) in [6.45, 7) is 1.20. The van der Waals surface area contributed by atoms with Gasteiger partial charge in [-0.3, -0.25) is 4.79 Å². The first kappa shape index (κ1) is 15.0. The number of Topliss-reactive ketones (excluding diaryl/α,β-unsaturated/α-hetero) is 1. The minimum Gasteiger partial charge on any atom is -0.875 e. The fraction of sp³-hybridized carbons (Fsp3) is 0.333. The minimum atomic E-state index is -0.850. The Bertz CT molecular complexity index is 474. The van der Waals surface area contributed by atoms with Gasteiger partial charge in [0.2, 0.25) is 0 Å². The Morgan fingerprint density at radius 1 is 1.21 bits per heavy atom. The zero-order chi connectivity index (χ0) is 14.3. The molecule has 1 aromatic carbocycles. The normalized spacial score (nSPS) is 11.7. The van der Waals surface area contributed by atoms with Crippen molar-refractivity contribution >= 4 is 11.8 Å². The number of aryl methyl sites for hydroxylation is 1. The molecular formula is C15H17O4-. The summed E-state index contributed by atoms with van der Waals surface area (Å²) >= 11 is 0. The van der Waals surface area contributed by atoms with Gasteiger partial charge in [-0.1, -0.05) is 30.3 Å². The average molecular weight is 261 g/mol. The van der Waals surface area contributed by atoms with Gasteiger partial charge in [-0.05, 0) is 31.7 Å². The van der Waals surface area contributed by atoms with Crippen molar-refractivity contribution in [3.63, 3.8) is 0 Å². The van der Waals surface area contributed by atoms with Crippen molar-refractivity contribution in [2.45, 2.75) is 26.2 Å². The van der Waals surface area contributed by atoms with Crippen LogP contribution in [0.15, 0.2) is 41.7 Å². The van der Waals surface area contributed by atoms with E-state index in [0.29, 0.717) is 6.42 Å². The van der Waals surface area contributed by atoms with E-state index in [0.717, 1.165) is 19.1 Å². The molecule has 0 aliphatic carbocycles. The fourth-order valence-corrected chi connectivity index (χ4v) is 1.78. The quantitative estimate of drug-likeness (QED) is 0.255. The Morgan fingerprint density at radius 2 is 1.84 bits per heavy atom. The van der Waals surface area contributed by atoms with Gasteiger partial charge in [-0.25, -0.2) is 4.79 Å². The summed E-state index contributed by atoms with van der Waals surface area (Å²) in [5.41, 5.74) is 0.758. The molecule has 0 radical (unpaired) electrons. The van der Waals surface area contributed by atoms with Crippen LogP contribution in [-0.4, -0.2) is 18.9 Å². The van der Waals surface area contributed by atoms with Gasteiger partial charge in [-0.2, -0.15) is 0 Å². The standard InChI is InChI=1S/C15H18O4/c1-11(16)14(15(18)19-2)13(17)10-6-9-12-7-4-3-5-8-12/h3-5,7-8,17H,6,9-10H2,1-2H3/p-1. The largest absolute Gasteiger partial charge is 0.875 e. The number of esters is 1. The highest BCUT2D eigenvalue weighted by Gasteiger charge is 2.15. The lowest BCUT2D eigenvalue weighted by molar-refractivity contribution is -0.308. The van der Waals surface area contributed by atoms with Crippen molar-refractivity contribution in [1.29, 1.82) is 0 Å². The molecule has 0 aromatic heterocycles. The van der Waals surface area contributed by atoms with Crippen LogP contribution in [0.4, 0.5) is 0 Å². The predicted molar refractivity (Wildman–Crippen MR) is 69.1 cm³/mol. The maximum atomic E-state index is 11.8. The molecule has 0 heterocycles. The Morgan fingerprint density at radius 3 is 2.37 bits per heavy atom. The summed E-state index contributed by atoms with van der Waals surface area (Å²) < 4.78 is 4.44. The van der Waals surface area contributed by atoms with Crippen molar-refractivity contribution in [2.75, 3.05) is 7.11 Å². The van der Waals surface area contributed by atoms with Gasteiger partial charge in [0, 0.05) is 0 Å². The summed E-state index contributed by atoms with van der Waals surface area (Å²) in [6.07, 6.45) is 1.49. The first-order valence-corrected chi connectivity index (χ1v) is 6.09. The van der Waals surface area contributed by atoms with E-state index < -0.39 is 17.5 Å². The van der Waals surface area contributed by atoms with Crippen LogP contribution >= 0.6 is 0 Å². The lowest BCUT2D eigenvalue weighted by Gasteiger charge is -2.16. The number of methoxy groups -OCH3 is 1. The molecule has 102 valence electrons. The van der Waals surface area contributed by atoms with Gasteiger partial charge in [0.05, 0.1) is 12.7 Å². The summed E-state index contributed by atoms with van der Waals surface area (Å²) in [6, 6.07) is 9.73. The molecular weight excluding hydrogens is 244 g/mol. The number of carbonyl (C=O) groups is 2. The zero-order valence-electron chi connectivity index (χ0n) is 11.1. The lowest BCUT2D eigenvalue weighted by Crippen LogP contribution is -2.20. The van der Waals surface area contributed by atoms with Crippen LogP contribution in [0.1, 0.15) is 25.3 Å². The van der Waals surface area contributed by atoms with Crippen molar-refractivity contribution < 1.29 is 19.4 Å².